The van der Waals surface area contributed by atoms with E-state index < -0.39 is 0 Å². The van der Waals surface area contributed by atoms with Crippen molar-refractivity contribution in [3.05, 3.63) is 29.3 Å². The first-order chi connectivity index (χ1) is 9.20. The second-order valence-electron chi connectivity index (χ2n) is 5.07. The lowest BCUT2D eigenvalue weighted by Crippen LogP contribution is -2.31. The van der Waals surface area contributed by atoms with Crippen molar-refractivity contribution >= 4 is 11.6 Å². The minimum Gasteiger partial charge on any atom is -0.399 e. The highest BCUT2D eigenvalue weighted by Gasteiger charge is 2.21. The summed E-state index contributed by atoms with van der Waals surface area (Å²) >= 11 is 0. The molecule has 4 heteroatoms. The second-order valence-corrected chi connectivity index (χ2v) is 5.07. The minimum atomic E-state index is 0.103. The highest BCUT2D eigenvalue weighted by atomic mass is 16.5. The number of aryl methyl sites for hydroxylation is 1. The summed E-state index contributed by atoms with van der Waals surface area (Å²) in [6.07, 6.45) is 4.45. The van der Waals surface area contributed by atoms with Crippen LogP contribution in [0.4, 0.5) is 5.69 Å². The van der Waals surface area contributed by atoms with Crippen molar-refractivity contribution in [1.29, 1.82) is 0 Å². The molecule has 1 aliphatic carbocycles. The molecule has 3 N–H and O–H groups in total. The molecule has 1 aromatic rings. The summed E-state index contributed by atoms with van der Waals surface area (Å²) in [5, 5.41) is 3.12. The van der Waals surface area contributed by atoms with Crippen LogP contribution in [0, 0.1) is 0 Å². The third kappa shape index (κ3) is 3.70. The van der Waals surface area contributed by atoms with Crippen LogP contribution in [0.5, 0.6) is 0 Å². The molecule has 0 aromatic heterocycles. The van der Waals surface area contributed by atoms with Gasteiger partial charge in [-0.05, 0) is 48.9 Å². The Bertz CT molecular complexity index is 446. The van der Waals surface area contributed by atoms with Gasteiger partial charge < -0.3 is 15.8 Å². The van der Waals surface area contributed by atoms with E-state index in [4.69, 9.17) is 10.5 Å². The number of hydrogen-bond donors (Lipinski definition) is 2. The summed E-state index contributed by atoms with van der Waals surface area (Å²) in [5.41, 5.74) is 9.10. The molecule has 0 saturated heterocycles. The van der Waals surface area contributed by atoms with Gasteiger partial charge in [0.25, 0.3) is 0 Å². The predicted octanol–water partition coefficient (Wildman–Crippen LogP) is 2.19. The molecular weight excluding hydrogens is 240 g/mol. The second kappa shape index (κ2) is 6.57. The van der Waals surface area contributed by atoms with Crippen molar-refractivity contribution in [2.24, 2.45) is 0 Å². The first kappa shape index (κ1) is 13.9. The quantitative estimate of drug-likeness (QED) is 0.631. The highest BCUT2D eigenvalue weighted by molar-refractivity contribution is 5.76. The Hall–Kier alpha value is -1.55. The van der Waals surface area contributed by atoms with E-state index in [1.807, 2.05) is 18.2 Å². The number of fused-ring (bicyclic) bond motifs is 1. The third-order valence-electron chi connectivity index (χ3n) is 3.57. The zero-order valence-electron chi connectivity index (χ0n) is 11.4. The first-order valence-electron chi connectivity index (χ1n) is 6.87. The molecule has 0 radical (unpaired) electrons. The van der Waals surface area contributed by atoms with Gasteiger partial charge in [0.2, 0.25) is 5.91 Å². The monoisotopic (exact) mass is 262 g/mol. The van der Waals surface area contributed by atoms with Crippen LogP contribution in [-0.2, 0) is 16.0 Å². The number of nitrogens with two attached hydrogens (primary N) is 1. The molecule has 0 saturated carbocycles. The number of nitrogen functional groups attached to an aromatic ring is 1. The van der Waals surface area contributed by atoms with Gasteiger partial charge in [0.15, 0.2) is 0 Å². The lowest BCUT2D eigenvalue weighted by atomic mass is 9.87. The molecule has 1 aliphatic rings. The van der Waals surface area contributed by atoms with Gasteiger partial charge in [0.1, 0.15) is 0 Å². The number of carbonyl (C=O) groups is 1. The maximum atomic E-state index is 11.9. The van der Waals surface area contributed by atoms with Gasteiger partial charge in [0.05, 0.1) is 6.04 Å². The highest BCUT2D eigenvalue weighted by Crippen LogP contribution is 2.30. The van der Waals surface area contributed by atoms with Crippen LogP contribution >= 0.6 is 0 Å². The van der Waals surface area contributed by atoms with Crippen molar-refractivity contribution in [3.8, 4) is 0 Å². The summed E-state index contributed by atoms with van der Waals surface area (Å²) in [6.45, 7) is 0.630. The molecule has 19 heavy (non-hydrogen) atoms. The molecule has 0 spiro atoms. The van der Waals surface area contributed by atoms with E-state index in [0.717, 1.165) is 31.4 Å². The molecule has 0 aliphatic heterocycles. The SMILES string of the molecule is COCCCC(=O)NC1CCCc2cc(N)ccc21. The Balaban J connectivity index is 1.97. The number of amides is 1. The fourth-order valence-electron chi connectivity index (χ4n) is 2.63. The predicted molar refractivity (Wildman–Crippen MR) is 75.8 cm³/mol. The fourth-order valence-corrected chi connectivity index (χ4v) is 2.63. The number of hydrogen-bond acceptors (Lipinski definition) is 3. The average Bonchev–Trinajstić information content (AvgIpc) is 2.39. The first-order valence-corrected chi connectivity index (χ1v) is 6.87. The topological polar surface area (TPSA) is 64.3 Å². The zero-order chi connectivity index (χ0) is 13.7. The van der Waals surface area contributed by atoms with Crippen LogP contribution in [0.3, 0.4) is 0 Å². The van der Waals surface area contributed by atoms with E-state index >= 15 is 0 Å². The van der Waals surface area contributed by atoms with Crippen LogP contribution < -0.4 is 11.1 Å². The Kier molecular flexibility index (Phi) is 4.80. The molecule has 4 nitrogen and oxygen atoms in total. The van der Waals surface area contributed by atoms with Crippen molar-refractivity contribution in [3.63, 3.8) is 0 Å². The smallest absolute Gasteiger partial charge is 0.220 e. The molecule has 1 unspecified atom stereocenters. The van der Waals surface area contributed by atoms with Gasteiger partial charge in [-0.15, -0.1) is 0 Å². The standard InChI is InChI=1S/C15H22N2O2/c1-19-9-3-6-15(18)17-14-5-2-4-11-10-12(16)7-8-13(11)14/h7-8,10,14H,2-6,9,16H2,1H3,(H,17,18). The number of ether oxygens (including phenoxy) is 1. The lowest BCUT2D eigenvalue weighted by Gasteiger charge is -2.26. The van der Waals surface area contributed by atoms with Gasteiger partial charge in [0, 0.05) is 25.8 Å². The van der Waals surface area contributed by atoms with Gasteiger partial charge in [-0.25, -0.2) is 0 Å². The molecule has 1 atom stereocenters. The summed E-state index contributed by atoms with van der Waals surface area (Å²) < 4.78 is 4.96. The van der Waals surface area contributed by atoms with Crippen molar-refractivity contribution in [2.45, 2.75) is 38.1 Å². The molecular formula is C15H22N2O2. The summed E-state index contributed by atoms with van der Waals surface area (Å²) in [4.78, 5) is 11.9. The van der Waals surface area contributed by atoms with Crippen LogP contribution in [0.2, 0.25) is 0 Å². The number of rotatable bonds is 5. The molecule has 0 fully saturated rings. The van der Waals surface area contributed by atoms with E-state index in [9.17, 15) is 4.79 Å². The van der Waals surface area contributed by atoms with Crippen LogP contribution in [0.25, 0.3) is 0 Å². The Labute approximate surface area is 114 Å². The number of nitrogens with one attached hydrogen (secondary N) is 1. The van der Waals surface area contributed by atoms with E-state index in [0.29, 0.717) is 13.0 Å². The molecule has 2 rings (SSSR count). The Morgan fingerprint density at radius 1 is 1.53 bits per heavy atom. The lowest BCUT2D eigenvalue weighted by molar-refractivity contribution is -0.122. The minimum absolute atomic E-state index is 0.103. The Morgan fingerprint density at radius 2 is 2.37 bits per heavy atom. The van der Waals surface area contributed by atoms with Gasteiger partial charge in [-0.3, -0.25) is 4.79 Å². The number of anilines is 1. The van der Waals surface area contributed by atoms with Crippen LogP contribution in [0.15, 0.2) is 18.2 Å². The van der Waals surface area contributed by atoms with Gasteiger partial charge >= 0.3 is 0 Å². The average molecular weight is 262 g/mol. The molecule has 1 amide bonds. The molecule has 104 valence electrons. The number of benzene rings is 1. The molecule has 1 aromatic carbocycles. The molecule has 0 bridgehead atoms. The summed E-state index contributed by atoms with van der Waals surface area (Å²) in [7, 11) is 1.65. The summed E-state index contributed by atoms with van der Waals surface area (Å²) in [5.74, 6) is 0.103. The van der Waals surface area contributed by atoms with Gasteiger partial charge in [-0.1, -0.05) is 6.07 Å². The maximum absolute atomic E-state index is 11.9. The fraction of sp³-hybridized carbons (Fsp3) is 0.533. The van der Waals surface area contributed by atoms with Crippen LogP contribution in [-0.4, -0.2) is 19.6 Å². The maximum Gasteiger partial charge on any atom is 0.220 e. The van der Waals surface area contributed by atoms with E-state index in [-0.39, 0.29) is 11.9 Å². The molecule has 0 heterocycles. The van der Waals surface area contributed by atoms with Crippen molar-refractivity contribution < 1.29 is 9.53 Å². The Morgan fingerprint density at radius 3 is 3.16 bits per heavy atom. The third-order valence-corrected chi connectivity index (χ3v) is 3.57. The van der Waals surface area contributed by atoms with Gasteiger partial charge in [-0.2, -0.15) is 0 Å². The summed E-state index contributed by atoms with van der Waals surface area (Å²) in [6, 6.07) is 6.12. The number of carbonyl (C=O) groups excluding carboxylic acids is 1. The van der Waals surface area contributed by atoms with Crippen molar-refractivity contribution in [2.75, 3.05) is 19.5 Å². The normalized spacial score (nSPS) is 17.8. The van der Waals surface area contributed by atoms with E-state index in [1.54, 1.807) is 7.11 Å². The van der Waals surface area contributed by atoms with Crippen molar-refractivity contribution in [1.82, 2.24) is 5.32 Å². The van der Waals surface area contributed by atoms with E-state index in [1.165, 1.54) is 11.1 Å². The largest absolute Gasteiger partial charge is 0.399 e. The zero-order valence-corrected chi connectivity index (χ0v) is 11.4. The number of methoxy groups -OCH3 is 1. The van der Waals surface area contributed by atoms with E-state index in [2.05, 4.69) is 5.32 Å². The van der Waals surface area contributed by atoms with Crippen LogP contribution in [0.1, 0.15) is 42.9 Å².